The molecule has 4 rings (SSSR count). The topological polar surface area (TPSA) is 50.2 Å². The van der Waals surface area contributed by atoms with Gasteiger partial charge in [-0.05, 0) is 68.6 Å². The number of carbonyl (C=O) groups excluding carboxylic acids is 1. The van der Waals surface area contributed by atoms with Crippen LogP contribution in [-0.4, -0.2) is 23.7 Å². The number of Topliss-reactive ketones (excluding diaryl/α,β-unsaturated/α-hetero) is 1. The first-order chi connectivity index (χ1) is 9.96. The third-order valence-corrected chi connectivity index (χ3v) is 7.60. The summed E-state index contributed by atoms with van der Waals surface area (Å²) in [7, 11) is 0. The van der Waals surface area contributed by atoms with Crippen molar-refractivity contribution in [3.05, 3.63) is 0 Å². The highest BCUT2D eigenvalue weighted by molar-refractivity contribution is 6.40. The first-order valence-electron chi connectivity index (χ1n) is 8.71. The summed E-state index contributed by atoms with van der Waals surface area (Å²) in [5.41, 5.74) is 0.749. The van der Waals surface area contributed by atoms with Gasteiger partial charge in [0.25, 0.3) is 0 Å². The standard InChI is InChI=1S/C18H27NO2/c1-17-8-6-15(20)16(19)14(17)4-3-11-12(17)5-9-18(2)13(11)7-10-21-18/h11-14,19H,3-10H2,1-2H3/t11-,12-,13+,14?,17-,18+/m1/s1. The van der Waals surface area contributed by atoms with Crippen LogP contribution >= 0.6 is 0 Å². The summed E-state index contributed by atoms with van der Waals surface area (Å²) in [4.78, 5) is 11.9. The van der Waals surface area contributed by atoms with Crippen molar-refractivity contribution >= 4 is 11.5 Å². The van der Waals surface area contributed by atoms with E-state index in [9.17, 15) is 4.79 Å². The van der Waals surface area contributed by atoms with Gasteiger partial charge in [0.1, 0.15) is 0 Å². The second-order valence-corrected chi connectivity index (χ2v) is 8.34. The van der Waals surface area contributed by atoms with E-state index in [1.807, 2.05) is 0 Å². The molecule has 1 saturated heterocycles. The predicted octanol–water partition coefficient (Wildman–Crippen LogP) is 3.61. The van der Waals surface area contributed by atoms with Gasteiger partial charge in [0.05, 0.1) is 11.3 Å². The van der Waals surface area contributed by atoms with Crippen LogP contribution in [-0.2, 0) is 9.53 Å². The van der Waals surface area contributed by atoms with Crippen LogP contribution in [0.25, 0.3) is 0 Å². The molecule has 1 heterocycles. The van der Waals surface area contributed by atoms with E-state index in [4.69, 9.17) is 10.1 Å². The monoisotopic (exact) mass is 289 g/mol. The third kappa shape index (κ3) is 1.76. The van der Waals surface area contributed by atoms with E-state index in [-0.39, 0.29) is 22.7 Å². The Morgan fingerprint density at radius 3 is 2.71 bits per heavy atom. The van der Waals surface area contributed by atoms with Gasteiger partial charge in [-0.25, -0.2) is 0 Å². The molecule has 0 aromatic carbocycles. The minimum Gasteiger partial charge on any atom is -0.375 e. The number of ketones is 1. The Labute approximate surface area is 127 Å². The molecule has 4 fully saturated rings. The molecular formula is C18H27NO2. The van der Waals surface area contributed by atoms with E-state index in [1.54, 1.807) is 0 Å². The van der Waals surface area contributed by atoms with E-state index < -0.39 is 0 Å². The van der Waals surface area contributed by atoms with Crippen molar-refractivity contribution in [1.82, 2.24) is 0 Å². The molecule has 0 spiro atoms. The van der Waals surface area contributed by atoms with Crippen LogP contribution in [0.15, 0.2) is 0 Å². The highest BCUT2D eigenvalue weighted by Crippen LogP contribution is 2.62. The fraction of sp³-hybridized carbons (Fsp3) is 0.889. The summed E-state index contributed by atoms with van der Waals surface area (Å²) in [6.45, 7) is 5.63. The Kier molecular flexibility index (Phi) is 2.92. The summed E-state index contributed by atoms with van der Waals surface area (Å²) in [5, 5.41) is 8.26. The molecule has 3 saturated carbocycles. The van der Waals surface area contributed by atoms with Crippen LogP contribution in [0.2, 0.25) is 0 Å². The van der Waals surface area contributed by atoms with Gasteiger partial charge in [-0.1, -0.05) is 6.92 Å². The highest BCUT2D eigenvalue weighted by Gasteiger charge is 2.59. The molecule has 0 amide bonds. The van der Waals surface area contributed by atoms with Crippen LogP contribution in [0.1, 0.15) is 58.8 Å². The number of rotatable bonds is 0. The lowest BCUT2D eigenvalue weighted by Gasteiger charge is -2.59. The maximum absolute atomic E-state index is 11.9. The van der Waals surface area contributed by atoms with Crippen molar-refractivity contribution in [2.45, 2.75) is 64.4 Å². The Morgan fingerprint density at radius 1 is 1.10 bits per heavy atom. The van der Waals surface area contributed by atoms with Gasteiger partial charge in [-0.15, -0.1) is 0 Å². The van der Waals surface area contributed by atoms with Gasteiger partial charge < -0.3 is 10.1 Å². The van der Waals surface area contributed by atoms with E-state index in [1.165, 1.54) is 25.7 Å². The number of fused-ring (bicyclic) bond motifs is 5. The number of carbonyl (C=O) groups is 1. The van der Waals surface area contributed by atoms with Gasteiger partial charge >= 0.3 is 0 Å². The van der Waals surface area contributed by atoms with Crippen molar-refractivity contribution in [2.24, 2.45) is 29.1 Å². The molecule has 3 aliphatic carbocycles. The van der Waals surface area contributed by atoms with Crippen molar-refractivity contribution in [3.8, 4) is 0 Å². The van der Waals surface area contributed by atoms with Crippen molar-refractivity contribution in [1.29, 1.82) is 5.41 Å². The smallest absolute Gasteiger partial charge is 0.176 e. The van der Waals surface area contributed by atoms with Gasteiger partial charge in [-0.3, -0.25) is 4.79 Å². The van der Waals surface area contributed by atoms with E-state index in [0.717, 1.165) is 25.4 Å². The predicted molar refractivity (Wildman–Crippen MR) is 81.5 cm³/mol. The molecular weight excluding hydrogens is 262 g/mol. The zero-order valence-electron chi connectivity index (χ0n) is 13.3. The van der Waals surface area contributed by atoms with Crippen LogP contribution in [0.5, 0.6) is 0 Å². The fourth-order valence-corrected chi connectivity index (χ4v) is 6.41. The Bertz CT molecular complexity index is 501. The Hall–Kier alpha value is -0.700. The molecule has 6 atom stereocenters. The molecule has 1 aliphatic heterocycles. The molecule has 1 N–H and O–H groups in total. The van der Waals surface area contributed by atoms with Crippen LogP contribution < -0.4 is 0 Å². The van der Waals surface area contributed by atoms with Gasteiger partial charge in [-0.2, -0.15) is 0 Å². The largest absolute Gasteiger partial charge is 0.375 e. The summed E-state index contributed by atoms with van der Waals surface area (Å²) < 4.78 is 6.10. The maximum Gasteiger partial charge on any atom is 0.176 e. The molecule has 21 heavy (non-hydrogen) atoms. The lowest BCUT2D eigenvalue weighted by molar-refractivity contribution is -0.128. The second kappa shape index (κ2) is 4.41. The maximum atomic E-state index is 11.9. The van der Waals surface area contributed by atoms with Crippen LogP contribution in [0.4, 0.5) is 0 Å². The molecule has 3 nitrogen and oxygen atoms in total. The van der Waals surface area contributed by atoms with Gasteiger partial charge in [0.2, 0.25) is 0 Å². The molecule has 116 valence electrons. The number of hydrogen-bond donors (Lipinski definition) is 1. The van der Waals surface area contributed by atoms with Gasteiger partial charge in [0.15, 0.2) is 5.78 Å². The zero-order chi connectivity index (χ0) is 14.8. The first kappa shape index (κ1) is 13.9. The fourth-order valence-electron chi connectivity index (χ4n) is 6.41. The summed E-state index contributed by atoms with van der Waals surface area (Å²) in [6, 6.07) is 0. The second-order valence-electron chi connectivity index (χ2n) is 8.34. The summed E-state index contributed by atoms with van der Waals surface area (Å²) in [5.74, 6) is 2.51. The minimum absolute atomic E-state index is 0.112. The number of nitrogens with one attached hydrogen (secondary N) is 1. The molecule has 0 radical (unpaired) electrons. The molecule has 4 aliphatic rings. The van der Waals surface area contributed by atoms with Crippen LogP contribution in [0.3, 0.4) is 0 Å². The molecule has 1 unspecified atom stereocenters. The molecule has 3 heteroatoms. The van der Waals surface area contributed by atoms with Gasteiger partial charge in [0, 0.05) is 18.9 Å². The number of hydrogen-bond acceptors (Lipinski definition) is 3. The lowest BCUT2D eigenvalue weighted by atomic mass is 9.46. The van der Waals surface area contributed by atoms with E-state index in [2.05, 4.69) is 13.8 Å². The SMILES string of the molecule is C[C@]12CCC(=O)C(=N)C1CC[C@@H]1[C@H]2CC[C@]2(C)OCC[C@@H]12. The number of ether oxygens (including phenoxy) is 1. The average molecular weight is 289 g/mol. The average Bonchev–Trinajstić information content (AvgIpc) is 2.85. The van der Waals surface area contributed by atoms with E-state index >= 15 is 0 Å². The summed E-state index contributed by atoms with van der Waals surface area (Å²) in [6.07, 6.45) is 7.47. The van der Waals surface area contributed by atoms with E-state index in [0.29, 0.717) is 24.0 Å². The molecule has 0 aromatic heterocycles. The molecule has 0 aromatic rings. The van der Waals surface area contributed by atoms with Crippen molar-refractivity contribution in [2.75, 3.05) is 6.61 Å². The third-order valence-electron chi connectivity index (χ3n) is 7.60. The normalized spacial score (nSPS) is 53.0. The minimum atomic E-state index is 0.112. The Morgan fingerprint density at radius 2 is 1.90 bits per heavy atom. The van der Waals surface area contributed by atoms with Crippen molar-refractivity contribution in [3.63, 3.8) is 0 Å². The van der Waals surface area contributed by atoms with Crippen molar-refractivity contribution < 1.29 is 9.53 Å². The Balaban J connectivity index is 1.67. The first-order valence-corrected chi connectivity index (χ1v) is 8.71. The highest BCUT2D eigenvalue weighted by atomic mass is 16.5. The quantitative estimate of drug-likeness (QED) is 0.740. The summed E-state index contributed by atoms with van der Waals surface area (Å²) >= 11 is 0. The van der Waals surface area contributed by atoms with Crippen LogP contribution in [0, 0.1) is 34.5 Å². The zero-order valence-corrected chi connectivity index (χ0v) is 13.3. The molecule has 0 bridgehead atoms. The lowest BCUT2D eigenvalue weighted by Crippen LogP contribution is -2.57.